The summed E-state index contributed by atoms with van der Waals surface area (Å²) >= 11 is 7.68. The van der Waals surface area contributed by atoms with Gasteiger partial charge in [0.1, 0.15) is 5.01 Å². The van der Waals surface area contributed by atoms with Gasteiger partial charge in [-0.25, -0.2) is 4.98 Å². The van der Waals surface area contributed by atoms with E-state index in [1.54, 1.807) is 23.5 Å². The van der Waals surface area contributed by atoms with Crippen molar-refractivity contribution in [3.05, 3.63) is 70.2 Å². The number of nitrogens with one attached hydrogen (secondary N) is 1. The van der Waals surface area contributed by atoms with Crippen molar-refractivity contribution in [2.45, 2.75) is 26.2 Å². The highest BCUT2D eigenvalue weighted by atomic mass is 35.5. The first kappa shape index (κ1) is 24.4. The van der Waals surface area contributed by atoms with Crippen LogP contribution in [0.25, 0.3) is 10.6 Å². The summed E-state index contributed by atoms with van der Waals surface area (Å²) in [6.45, 7) is 7.16. The van der Waals surface area contributed by atoms with Gasteiger partial charge in [0.2, 0.25) is 11.8 Å². The third kappa shape index (κ3) is 6.23. The maximum atomic E-state index is 12.8. The van der Waals surface area contributed by atoms with Gasteiger partial charge in [0, 0.05) is 37.1 Å². The number of hydrogen-bond acceptors (Lipinski definition) is 5. The van der Waals surface area contributed by atoms with E-state index < -0.39 is 0 Å². The highest BCUT2D eigenvalue weighted by Gasteiger charge is 2.23. The Morgan fingerprint density at radius 2 is 1.76 bits per heavy atom. The molecule has 0 atom stereocenters. The summed E-state index contributed by atoms with van der Waals surface area (Å²) in [6.07, 6.45) is 0.299. The maximum absolute atomic E-state index is 12.8. The van der Waals surface area contributed by atoms with Crippen LogP contribution in [0, 0.1) is 0 Å². The van der Waals surface area contributed by atoms with Crippen LogP contribution in [0.3, 0.4) is 0 Å². The molecule has 6 nitrogen and oxygen atoms in total. The predicted molar refractivity (Wildman–Crippen MR) is 138 cm³/mol. The van der Waals surface area contributed by atoms with E-state index in [0.717, 1.165) is 16.3 Å². The zero-order valence-corrected chi connectivity index (χ0v) is 21.0. The van der Waals surface area contributed by atoms with Crippen LogP contribution in [-0.2, 0) is 16.0 Å². The molecule has 2 aromatic carbocycles. The van der Waals surface area contributed by atoms with Crippen LogP contribution >= 0.6 is 22.9 Å². The Balaban J connectivity index is 1.25. The van der Waals surface area contributed by atoms with Gasteiger partial charge in [-0.3, -0.25) is 14.5 Å². The highest BCUT2D eigenvalue weighted by molar-refractivity contribution is 7.13. The minimum atomic E-state index is -0.107. The van der Waals surface area contributed by atoms with Gasteiger partial charge < -0.3 is 10.2 Å². The van der Waals surface area contributed by atoms with Gasteiger partial charge in [-0.1, -0.05) is 61.8 Å². The Hall–Kier alpha value is -2.74. The monoisotopic (exact) mass is 496 g/mol. The average Bonchev–Trinajstić information content (AvgIpc) is 3.29. The first-order valence-electron chi connectivity index (χ1n) is 11.5. The molecule has 0 radical (unpaired) electrons. The Kier molecular flexibility index (Phi) is 7.98. The summed E-state index contributed by atoms with van der Waals surface area (Å²) in [4.78, 5) is 33.8. The summed E-state index contributed by atoms with van der Waals surface area (Å²) in [5.74, 6) is 0.465. The Morgan fingerprint density at radius 1 is 1.06 bits per heavy atom. The molecule has 34 heavy (non-hydrogen) atoms. The van der Waals surface area contributed by atoms with Crippen molar-refractivity contribution in [1.82, 2.24) is 14.8 Å². The number of carbonyl (C=O) groups excluding carboxylic acids is 2. The van der Waals surface area contributed by atoms with Crippen molar-refractivity contribution >= 4 is 40.4 Å². The molecule has 4 rings (SSSR count). The number of halogens is 1. The molecule has 0 spiro atoms. The van der Waals surface area contributed by atoms with Gasteiger partial charge in [0.25, 0.3) is 0 Å². The molecule has 1 saturated heterocycles. The second-order valence-corrected chi connectivity index (χ2v) is 10.0. The van der Waals surface area contributed by atoms with Crippen LogP contribution < -0.4 is 5.32 Å². The number of para-hydroxylation sites is 1. The van der Waals surface area contributed by atoms with Crippen LogP contribution in [0.1, 0.15) is 31.0 Å². The summed E-state index contributed by atoms with van der Waals surface area (Å²) in [5.41, 5.74) is 3.80. The fourth-order valence-electron chi connectivity index (χ4n) is 3.91. The van der Waals surface area contributed by atoms with Crippen LogP contribution in [-0.4, -0.2) is 59.3 Å². The van der Waals surface area contributed by atoms with E-state index in [0.29, 0.717) is 49.2 Å². The number of hydrogen-bond donors (Lipinski definition) is 1. The Labute approximate surface area is 209 Å². The summed E-state index contributed by atoms with van der Waals surface area (Å²) in [6, 6.07) is 15.7. The van der Waals surface area contributed by atoms with Gasteiger partial charge >= 0.3 is 0 Å². The van der Waals surface area contributed by atoms with Crippen molar-refractivity contribution < 1.29 is 9.59 Å². The molecule has 8 heteroatoms. The van der Waals surface area contributed by atoms with Crippen LogP contribution in [0.4, 0.5) is 5.69 Å². The van der Waals surface area contributed by atoms with E-state index in [1.165, 1.54) is 5.56 Å². The van der Waals surface area contributed by atoms with Crippen molar-refractivity contribution in [2.24, 2.45) is 0 Å². The third-order valence-electron chi connectivity index (χ3n) is 5.95. The number of anilines is 1. The molecule has 1 fully saturated rings. The molecule has 1 N–H and O–H groups in total. The van der Waals surface area contributed by atoms with Crippen molar-refractivity contribution in [3.8, 4) is 10.6 Å². The molecule has 0 bridgehead atoms. The molecule has 2 amide bonds. The van der Waals surface area contributed by atoms with E-state index >= 15 is 0 Å². The van der Waals surface area contributed by atoms with Crippen molar-refractivity contribution in [2.75, 3.05) is 38.0 Å². The molecule has 1 aliphatic heterocycles. The second kappa shape index (κ2) is 11.1. The van der Waals surface area contributed by atoms with Gasteiger partial charge in [-0.15, -0.1) is 11.3 Å². The van der Waals surface area contributed by atoms with Crippen molar-refractivity contribution in [3.63, 3.8) is 0 Å². The number of piperazine rings is 1. The Bertz CT molecular complexity index is 1140. The predicted octanol–water partition coefficient (Wildman–Crippen LogP) is 4.91. The van der Waals surface area contributed by atoms with Crippen LogP contribution in [0.15, 0.2) is 53.9 Å². The lowest BCUT2D eigenvalue weighted by Gasteiger charge is -2.34. The molecular formula is C26H29ClN4O2S. The lowest BCUT2D eigenvalue weighted by molar-refractivity contribution is -0.132. The van der Waals surface area contributed by atoms with Gasteiger partial charge in [-0.2, -0.15) is 0 Å². The quantitative estimate of drug-likeness (QED) is 0.504. The minimum absolute atomic E-state index is 0.0761. The second-order valence-electron chi connectivity index (χ2n) is 8.78. The number of benzene rings is 2. The number of thiazole rings is 1. The molecular weight excluding hydrogens is 468 g/mol. The average molecular weight is 497 g/mol. The lowest BCUT2D eigenvalue weighted by atomic mass is 10.0. The number of aromatic nitrogens is 1. The van der Waals surface area contributed by atoms with Gasteiger partial charge in [0.05, 0.1) is 29.4 Å². The lowest BCUT2D eigenvalue weighted by Crippen LogP contribution is -2.50. The standard InChI is InChI=1S/C26H29ClN4O2S/c1-18(2)19-7-9-20(10-8-19)26-28-21(17-34-26)15-25(33)31-13-11-30(12-14-31)16-24(32)29-23-6-4-3-5-22(23)27/h3-10,17-18H,11-16H2,1-2H3,(H,29,32). The molecule has 0 saturated carbocycles. The SMILES string of the molecule is CC(C)c1ccc(-c2nc(CC(=O)N3CCN(CC(=O)Nc4ccccc4Cl)CC3)cs2)cc1. The first-order valence-corrected chi connectivity index (χ1v) is 12.7. The summed E-state index contributed by atoms with van der Waals surface area (Å²) < 4.78 is 0. The topological polar surface area (TPSA) is 65.5 Å². The zero-order chi connectivity index (χ0) is 24.1. The van der Waals surface area contributed by atoms with E-state index in [2.05, 4.69) is 53.3 Å². The van der Waals surface area contributed by atoms with Gasteiger partial charge in [0.15, 0.2) is 0 Å². The molecule has 2 heterocycles. The molecule has 1 aliphatic rings. The fraction of sp³-hybridized carbons (Fsp3) is 0.346. The van der Waals surface area contributed by atoms with E-state index in [4.69, 9.17) is 11.6 Å². The maximum Gasteiger partial charge on any atom is 0.238 e. The highest BCUT2D eigenvalue weighted by Crippen LogP contribution is 2.26. The number of amides is 2. The van der Waals surface area contributed by atoms with E-state index in [1.807, 2.05) is 22.4 Å². The van der Waals surface area contributed by atoms with E-state index in [9.17, 15) is 9.59 Å². The van der Waals surface area contributed by atoms with Crippen molar-refractivity contribution in [1.29, 1.82) is 0 Å². The molecule has 0 unspecified atom stereocenters. The molecule has 1 aromatic heterocycles. The molecule has 0 aliphatic carbocycles. The zero-order valence-electron chi connectivity index (χ0n) is 19.5. The summed E-state index contributed by atoms with van der Waals surface area (Å²) in [7, 11) is 0. The number of nitrogens with zero attached hydrogens (tertiary/aromatic N) is 3. The van der Waals surface area contributed by atoms with E-state index in [-0.39, 0.29) is 18.4 Å². The van der Waals surface area contributed by atoms with Crippen LogP contribution in [0.5, 0.6) is 0 Å². The summed E-state index contributed by atoms with van der Waals surface area (Å²) in [5, 5.41) is 6.27. The Morgan fingerprint density at radius 3 is 2.44 bits per heavy atom. The van der Waals surface area contributed by atoms with Gasteiger partial charge in [-0.05, 0) is 23.6 Å². The largest absolute Gasteiger partial charge is 0.340 e. The molecule has 3 aromatic rings. The number of rotatable bonds is 7. The third-order valence-corrected chi connectivity index (χ3v) is 7.22. The first-order chi connectivity index (χ1) is 16.4. The van der Waals surface area contributed by atoms with Crippen LogP contribution in [0.2, 0.25) is 5.02 Å². The smallest absolute Gasteiger partial charge is 0.238 e. The molecule has 178 valence electrons. The fourth-order valence-corrected chi connectivity index (χ4v) is 4.92. The normalized spacial score (nSPS) is 14.4. The minimum Gasteiger partial charge on any atom is -0.340 e. The number of carbonyl (C=O) groups is 2.